The Labute approximate surface area is 279 Å². The molecule has 8 heteroatoms. The molecule has 0 bridgehead atoms. The SMILES string of the molecule is CCOC(=O)C(CC/C=C/c1cc2c(cc1OCc1nc(-c3ccccc3)oc1C)C(=O)CC2)Oc1ccc(-c2ccc(F)cc2)cc1. The van der Waals surface area contributed by atoms with Crippen molar-refractivity contribution in [2.24, 2.45) is 0 Å². The number of hydrogen-bond donors (Lipinski definition) is 0. The van der Waals surface area contributed by atoms with Crippen LogP contribution in [0.4, 0.5) is 4.39 Å². The number of rotatable bonds is 13. The molecule has 4 aromatic carbocycles. The highest BCUT2D eigenvalue weighted by Gasteiger charge is 2.23. The highest BCUT2D eigenvalue weighted by Crippen LogP contribution is 2.32. The number of carbonyl (C=O) groups excluding carboxylic acids is 2. The molecule has 0 aliphatic heterocycles. The molecule has 0 saturated heterocycles. The average Bonchev–Trinajstić information content (AvgIpc) is 3.66. The van der Waals surface area contributed by atoms with E-state index in [0.29, 0.717) is 60.1 Å². The monoisotopic (exact) mass is 645 g/mol. The molecule has 1 aliphatic rings. The third-order valence-electron chi connectivity index (χ3n) is 8.19. The van der Waals surface area contributed by atoms with Gasteiger partial charge in [-0.25, -0.2) is 14.2 Å². The molecule has 1 atom stereocenters. The third kappa shape index (κ3) is 7.72. The van der Waals surface area contributed by atoms with E-state index in [4.69, 9.17) is 18.6 Å². The van der Waals surface area contributed by atoms with E-state index in [1.165, 1.54) is 12.1 Å². The second-order valence-electron chi connectivity index (χ2n) is 11.5. The van der Waals surface area contributed by atoms with Crippen LogP contribution >= 0.6 is 0 Å². The summed E-state index contributed by atoms with van der Waals surface area (Å²) >= 11 is 0. The van der Waals surface area contributed by atoms with E-state index in [9.17, 15) is 14.0 Å². The minimum Gasteiger partial charge on any atom is -0.487 e. The first-order chi connectivity index (χ1) is 23.4. The molecule has 0 saturated carbocycles. The van der Waals surface area contributed by atoms with Crippen molar-refractivity contribution in [2.45, 2.75) is 52.2 Å². The maximum Gasteiger partial charge on any atom is 0.347 e. The molecule has 244 valence electrons. The van der Waals surface area contributed by atoms with Crippen molar-refractivity contribution in [3.63, 3.8) is 0 Å². The number of ketones is 1. The fourth-order valence-electron chi connectivity index (χ4n) is 5.61. The minimum absolute atomic E-state index is 0.106. The van der Waals surface area contributed by atoms with Crippen molar-refractivity contribution in [3.8, 4) is 34.1 Å². The summed E-state index contributed by atoms with van der Waals surface area (Å²) in [6, 6.07) is 27.1. The van der Waals surface area contributed by atoms with Crippen molar-refractivity contribution in [1.82, 2.24) is 4.98 Å². The maximum atomic E-state index is 13.3. The van der Waals surface area contributed by atoms with E-state index >= 15 is 0 Å². The molecule has 0 spiro atoms. The number of esters is 1. The zero-order valence-corrected chi connectivity index (χ0v) is 26.9. The first-order valence-electron chi connectivity index (χ1n) is 16.1. The van der Waals surface area contributed by atoms with Gasteiger partial charge in [-0.3, -0.25) is 4.79 Å². The number of carbonyl (C=O) groups is 2. The van der Waals surface area contributed by atoms with Crippen LogP contribution in [0.15, 0.2) is 101 Å². The van der Waals surface area contributed by atoms with Crippen LogP contribution in [-0.4, -0.2) is 29.4 Å². The number of aromatic nitrogens is 1. The lowest BCUT2D eigenvalue weighted by Gasteiger charge is -2.17. The largest absolute Gasteiger partial charge is 0.487 e. The van der Waals surface area contributed by atoms with Crippen LogP contribution < -0.4 is 9.47 Å². The van der Waals surface area contributed by atoms with Crippen molar-refractivity contribution in [1.29, 1.82) is 0 Å². The number of fused-ring (bicyclic) bond motifs is 1. The van der Waals surface area contributed by atoms with Crippen LogP contribution in [0.2, 0.25) is 0 Å². The van der Waals surface area contributed by atoms with Gasteiger partial charge in [0.1, 0.15) is 35.4 Å². The highest BCUT2D eigenvalue weighted by molar-refractivity contribution is 6.01. The minimum atomic E-state index is -0.811. The second kappa shape index (κ2) is 14.9. The van der Waals surface area contributed by atoms with Gasteiger partial charge < -0.3 is 18.6 Å². The fraction of sp³-hybridized carbons (Fsp3) is 0.225. The Kier molecular flexibility index (Phi) is 10.1. The number of Topliss-reactive ketones (excluding diaryl/α,β-unsaturated/α-hetero) is 1. The van der Waals surface area contributed by atoms with E-state index < -0.39 is 12.1 Å². The van der Waals surface area contributed by atoms with Gasteiger partial charge >= 0.3 is 5.97 Å². The maximum absolute atomic E-state index is 13.3. The second-order valence-corrected chi connectivity index (χ2v) is 11.5. The van der Waals surface area contributed by atoms with Crippen LogP contribution in [0.25, 0.3) is 28.7 Å². The summed E-state index contributed by atoms with van der Waals surface area (Å²) < 4.78 is 36.9. The summed E-state index contributed by atoms with van der Waals surface area (Å²) in [4.78, 5) is 30.0. The Morgan fingerprint density at radius 2 is 1.69 bits per heavy atom. The molecular weight excluding hydrogens is 609 g/mol. The van der Waals surface area contributed by atoms with Gasteiger partial charge in [-0.2, -0.15) is 0 Å². The lowest BCUT2D eigenvalue weighted by atomic mass is 10.0. The van der Waals surface area contributed by atoms with Gasteiger partial charge in [-0.1, -0.05) is 54.6 Å². The molecule has 48 heavy (non-hydrogen) atoms. The smallest absolute Gasteiger partial charge is 0.347 e. The molecule has 1 heterocycles. The molecule has 0 N–H and O–H groups in total. The summed E-state index contributed by atoms with van der Waals surface area (Å²) in [5, 5.41) is 0. The molecule has 1 unspecified atom stereocenters. The van der Waals surface area contributed by atoms with E-state index in [2.05, 4.69) is 4.98 Å². The number of benzene rings is 4. The zero-order chi connectivity index (χ0) is 33.5. The van der Waals surface area contributed by atoms with Gasteiger partial charge in [0.05, 0.1) is 6.61 Å². The number of halogens is 1. The normalized spacial score (nSPS) is 13.0. The molecule has 1 aliphatic carbocycles. The standard InChI is InChI=1S/C40H36FNO6/c1-3-45-40(44)37(48-33-20-15-28(16-21-33)27-13-18-32(41)19-14-27)12-8-7-11-31-23-30-17-22-36(43)34(30)24-38(31)46-25-35-26(2)47-39(42-35)29-9-5-4-6-10-29/h4-7,9-11,13-16,18-21,23-24,37H,3,8,12,17,22,25H2,1-2H3/b11-7+. The Morgan fingerprint density at radius 1 is 0.958 bits per heavy atom. The quantitative estimate of drug-likeness (QED) is 0.118. The topological polar surface area (TPSA) is 87.9 Å². The number of nitrogens with zero attached hydrogens (tertiary/aromatic N) is 1. The summed E-state index contributed by atoms with van der Waals surface area (Å²) in [6.45, 7) is 4.03. The molecular formula is C40H36FNO6. The fourth-order valence-corrected chi connectivity index (χ4v) is 5.61. The van der Waals surface area contributed by atoms with Gasteiger partial charge in [0.25, 0.3) is 0 Å². The summed E-state index contributed by atoms with van der Waals surface area (Å²) in [5.41, 5.74) is 5.85. The molecule has 0 radical (unpaired) electrons. The van der Waals surface area contributed by atoms with E-state index in [1.54, 1.807) is 31.2 Å². The van der Waals surface area contributed by atoms with Crippen molar-refractivity contribution in [3.05, 3.63) is 131 Å². The van der Waals surface area contributed by atoms with E-state index in [1.807, 2.05) is 73.7 Å². The first-order valence-corrected chi connectivity index (χ1v) is 16.1. The third-order valence-corrected chi connectivity index (χ3v) is 8.19. The van der Waals surface area contributed by atoms with Gasteiger partial charge in [-0.15, -0.1) is 0 Å². The van der Waals surface area contributed by atoms with Crippen molar-refractivity contribution >= 4 is 17.8 Å². The van der Waals surface area contributed by atoms with Crippen molar-refractivity contribution in [2.75, 3.05) is 6.61 Å². The molecule has 1 aromatic heterocycles. The Bertz CT molecular complexity index is 1910. The summed E-state index contributed by atoms with van der Waals surface area (Å²) in [5.74, 6) is 1.67. The zero-order valence-electron chi connectivity index (χ0n) is 26.9. The number of ether oxygens (including phenoxy) is 3. The van der Waals surface area contributed by atoms with Gasteiger partial charge in [-0.05, 0) is 98.3 Å². The summed E-state index contributed by atoms with van der Waals surface area (Å²) in [6.07, 6.45) is 5.18. The van der Waals surface area contributed by atoms with Gasteiger partial charge in [0.2, 0.25) is 5.89 Å². The van der Waals surface area contributed by atoms with Crippen LogP contribution in [0.3, 0.4) is 0 Å². The van der Waals surface area contributed by atoms with Crippen LogP contribution in [0, 0.1) is 12.7 Å². The molecule has 6 rings (SSSR count). The number of allylic oxidation sites excluding steroid dienone is 1. The summed E-state index contributed by atoms with van der Waals surface area (Å²) in [7, 11) is 0. The molecule has 0 amide bonds. The molecule has 7 nitrogen and oxygen atoms in total. The Morgan fingerprint density at radius 3 is 2.42 bits per heavy atom. The number of hydrogen-bond acceptors (Lipinski definition) is 7. The van der Waals surface area contributed by atoms with Gasteiger partial charge in [0, 0.05) is 23.1 Å². The average molecular weight is 646 g/mol. The first kappa shape index (κ1) is 32.4. The van der Waals surface area contributed by atoms with Crippen LogP contribution in [0.1, 0.15) is 59.1 Å². The highest BCUT2D eigenvalue weighted by atomic mass is 19.1. The lowest BCUT2D eigenvalue weighted by molar-refractivity contribution is -0.151. The molecule has 0 fully saturated rings. The Hall–Kier alpha value is -5.50. The van der Waals surface area contributed by atoms with Crippen molar-refractivity contribution < 1.29 is 32.6 Å². The van der Waals surface area contributed by atoms with Gasteiger partial charge in [0.15, 0.2) is 11.9 Å². The number of oxazole rings is 1. The van der Waals surface area contributed by atoms with E-state index in [0.717, 1.165) is 27.8 Å². The predicted molar refractivity (Wildman–Crippen MR) is 181 cm³/mol. The Balaban J connectivity index is 1.14. The van der Waals surface area contributed by atoms with Crippen LogP contribution in [0.5, 0.6) is 11.5 Å². The number of aryl methyl sites for hydroxylation is 2. The van der Waals surface area contributed by atoms with Crippen LogP contribution in [-0.2, 0) is 22.6 Å². The lowest BCUT2D eigenvalue weighted by Crippen LogP contribution is -2.29. The van der Waals surface area contributed by atoms with E-state index in [-0.39, 0.29) is 24.8 Å². The predicted octanol–water partition coefficient (Wildman–Crippen LogP) is 8.97. The molecule has 5 aromatic rings.